The molecule has 7 heteroatoms. The van der Waals surface area contributed by atoms with Crippen LogP contribution in [-0.4, -0.2) is 30.5 Å². The first kappa shape index (κ1) is 26.6. The molecule has 6 nitrogen and oxygen atoms in total. The predicted octanol–water partition coefficient (Wildman–Crippen LogP) is 7.31. The Bertz CT molecular complexity index is 1870. The molecule has 6 rings (SSSR count). The zero-order valence-electron chi connectivity index (χ0n) is 22.7. The van der Waals surface area contributed by atoms with Crippen LogP contribution in [0.4, 0.5) is 4.79 Å². The summed E-state index contributed by atoms with van der Waals surface area (Å²) in [5, 5.41) is 2.87. The first-order valence-electron chi connectivity index (χ1n) is 13.3. The molecule has 0 bridgehead atoms. The summed E-state index contributed by atoms with van der Waals surface area (Å²) in [6.45, 7) is 4.41. The number of aromatic nitrogens is 2. The second-order valence-corrected chi connectivity index (χ2v) is 11.8. The number of aryl methyl sites for hydroxylation is 2. The van der Waals surface area contributed by atoms with E-state index in [1.54, 1.807) is 12.3 Å². The maximum absolute atomic E-state index is 12.6. The number of ether oxygens (including phenoxy) is 3. The van der Waals surface area contributed by atoms with Gasteiger partial charge in [-0.05, 0) is 24.3 Å². The number of hydrogen-bond donors (Lipinski definition) is 0. The summed E-state index contributed by atoms with van der Waals surface area (Å²) in [7, 11) is 0. The van der Waals surface area contributed by atoms with Crippen molar-refractivity contribution in [3.8, 4) is 11.5 Å². The average molecular weight is 608 g/mol. The van der Waals surface area contributed by atoms with Crippen LogP contribution in [-0.2, 0) is 11.3 Å². The van der Waals surface area contributed by atoms with Crippen molar-refractivity contribution in [2.45, 2.75) is 25.8 Å². The quantitative estimate of drug-likeness (QED) is 0.0786. The van der Waals surface area contributed by atoms with Gasteiger partial charge in [-0.15, -0.1) is 0 Å². The minimum atomic E-state index is -0.782. The van der Waals surface area contributed by atoms with Crippen molar-refractivity contribution < 1.29 is 19.0 Å². The van der Waals surface area contributed by atoms with Crippen molar-refractivity contribution in [2.75, 3.05) is 0 Å². The van der Waals surface area contributed by atoms with Crippen LogP contribution in [0.2, 0.25) is 5.32 Å². The molecule has 3 aromatic heterocycles. The van der Waals surface area contributed by atoms with Gasteiger partial charge in [0.15, 0.2) is 5.75 Å². The standard InChI is InChI=1S/C34H28N2O4Se/c1-23-8-5-9-24(2)33(23)41-19-7-18-38-28-15-13-25(14-16-28)22-39-34(37)40-30-12-6-10-26-20-27-21-36-17-4-3-11-29(36)31(27)35-32(26)30/h3-18,20-21H,19,22H2,1-2H3. The van der Waals surface area contributed by atoms with E-state index in [1.807, 2.05) is 77.5 Å². The number of carbonyl (C=O) groups excluding carboxylic acids is 1. The van der Waals surface area contributed by atoms with Crippen LogP contribution in [0.3, 0.4) is 0 Å². The van der Waals surface area contributed by atoms with Crippen molar-refractivity contribution >= 4 is 52.9 Å². The van der Waals surface area contributed by atoms with Gasteiger partial charge in [-0.25, -0.2) is 4.98 Å². The first-order chi connectivity index (χ1) is 20.0. The number of allylic oxidation sites excluding steroid dienone is 1. The molecule has 0 radical (unpaired) electrons. The van der Waals surface area contributed by atoms with Gasteiger partial charge in [-0.1, -0.05) is 18.2 Å². The van der Waals surface area contributed by atoms with Crippen LogP contribution >= 0.6 is 0 Å². The normalized spacial score (nSPS) is 11.5. The molecule has 0 unspecified atom stereocenters. The van der Waals surface area contributed by atoms with Gasteiger partial charge >= 0.3 is 148 Å². The van der Waals surface area contributed by atoms with Crippen LogP contribution in [0, 0.1) is 13.8 Å². The van der Waals surface area contributed by atoms with Gasteiger partial charge < -0.3 is 4.40 Å². The van der Waals surface area contributed by atoms with Gasteiger partial charge in [-0.3, -0.25) is 0 Å². The third-order valence-electron chi connectivity index (χ3n) is 6.76. The number of hydrogen-bond acceptors (Lipinski definition) is 5. The van der Waals surface area contributed by atoms with Crippen molar-refractivity contribution in [1.82, 2.24) is 9.38 Å². The molecule has 0 N–H and O–H groups in total. The van der Waals surface area contributed by atoms with Crippen LogP contribution in [0.1, 0.15) is 16.7 Å². The maximum atomic E-state index is 12.6. The zero-order chi connectivity index (χ0) is 28.2. The number of para-hydroxylation sites is 1. The van der Waals surface area contributed by atoms with Gasteiger partial charge in [0, 0.05) is 23.2 Å². The average Bonchev–Trinajstić information content (AvgIpc) is 3.34. The summed E-state index contributed by atoms with van der Waals surface area (Å²) < 4.78 is 20.2. The number of nitrogens with zero attached hydrogens (tertiary/aromatic N) is 2. The summed E-state index contributed by atoms with van der Waals surface area (Å²) >= 11 is 0.371. The van der Waals surface area contributed by atoms with E-state index in [9.17, 15) is 4.79 Å². The summed E-state index contributed by atoms with van der Waals surface area (Å²) in [5.41, 5.74) is 5.97. The monoisotopic (exact) mass is 608 g/mol. The number of benzene rings is 3. The van der Waals surface area contributed by atoms with Crippen LogP contribution < -0.4 is 13.9 Å². The molecule has 204 valence electrons. The van der Waals surface area contributed by atoms with E-state index in [0.717, 1.165) is 38.4 Å². The molecule has 0 spiro atoms. The summed E-state index contributed by atoms with van der Waals surface area (Å²) in [4.78, 5) is 17.4. The molecular formula is C34H28N2O4Se. The fraction of sp³-hybridized carbons (Fsp3) is 0.118. The molecule has 0 fully saturated rings. The zero-order valence-corrected chi connectivity index (χ0v) is 24.5. The van der Waals surface area contributed by atoms with Crippen molar-refractivity contribution in [3.63, 3.8) is 0 Å². The molecule has 6 aromatic rings. The molecule has 0 aliphatic carbocycles. The fourth-order valence-electron chi connectivity index (χ4n) is 4.74. The molecule has 0 saturated carbocycles. The van der Waals surface area contributed by atoms with E-state index in [-0.39, 0.29) is 6.61 Å². The molecule has 3 heterocycles. The third kappa shape index (κ3) is 5.97. The van der Waals surface area contributed by atoms with E-state index in [0.29, 0.717) is 26.2 Å². The molecule has 0 amide bonds. The molecule has 41 heavy (non-hydrogen) atoms. The Morgan fingerprint density at radius 1 is 0.902 bits per heavy atom. The Morgan fingerprint density at radius 3 is 2.54 bits per heavy atom. The number of pyridine rings is 2. The Hall–Kier alpha value is -4.58. The Balaban J connectivity index is 1.04. The first-order valence-corrected chi connectivity index (χ1v) is 15.4. The van der Waals surface area contributed by atoms with Gasteiger partial charge in [0.05, 0.1) is 11.0 Å². The Labute approximate surface area is 244 Å². The fourth-order valence-corrected chi connectivity index (χ4v) is 6.70. The predicted molar refractivity (Wildman–Crippen MR) is 163 cm³/mol. The van der Waals surface area contributed by atoms with Crippen molar-refractivity contribution in [3.05, 3.63) is 126 Å². The van der Waals surface area contributed by atoms with Gasteiger partial charge in [0.1, 0.15) is 5.52 Å². The number of carbonyl (C=O) groups is 1. The van der Waals surface area contributed by atoms with Gasteiger partial charge in [0.25, 0.3) is 0 Å². The molecule has 3 aromatic carbocycles. The molecular weight excluding hydrogens is 579 g/mol. The Kier molecular flexibility index (Phi) is 7.72. The van der Waals surface area contributed by atoms with Crippen molar-refractivity contribution in [2.24, 2.45) is 0 Å². The second kappa shape index (κ2) is 11.9. The summed E-state index contributed by atoms with van der Waals surface area (Å²) in [6, 6.07) is 27.4. The minimum absolute atomic E-state index is 0.0832. The number of rotatable bonds is 8. The Morgan fingerprint density at radius 2 is 1.71 bits per heavy atom. The third-order valence-corrected chi connectivity index (χ3v) is 9.47. The van der Waals surface area contributed by atoms with Gasteiger partial charge in [-0.2, -0.15) is 0 Å². The second-order valence-electron chi connectivity index (χ2n) is 9.68. The molecule has 0 atom stereocenters. The topological polar surface area (TPSA) is 62.1 Å². The van der Waals surface area contributed by atoms with E-state index in [1.165, 1.54) is 15.6 Å². The van der Waals surface area contributed by atoms with Crippen LogP contribution in [0.25, 0.3) is 27.3 Å². The van der Waals surface area contributed by atoms with Crippen molar-refractivity contribution in [1.29, 1.82) is 0 Å². The molecule has 0 aliphatic heterocycles. The van der Waals surface area contributed by atoms with E-state index >= 15 is 0 Å². The van der Waals surface area contributed by atoms with Crippen LogP contribution in [0.15, 0.2) is 110 Å². The molecule has 0 aliphatic rings. The van der Waals surface area contributed by atoms with E-state index in [2.05, 4.69) is 38.1 Å². The summed E-state index contributed by atoms with van der Waals surface area (Å²) in [6.07, 6.45) is 7.04. The van der Waals surface area contributed by atoms with E-state index in [4.69, 9.17) is 19.2 Å². The van der Waals surface area contributed by atoms with Gasteiger partial charge in [0.2, 0.25) is 0 Å². The number of fused-ring (bicyclic) bond motifs is 4. The molecule has 0 saturated heterocycles. The SMILES string of the molecule is Cc1cccc(C)c1[Se]CC=COc1ccc(COC(=O)Oc2cccc3cc4cn5ccccc5c4nc23)cc1. The van der Waals surface area contributed by atoms with E-state index < -0.39 is 6.16 Å². The van der Waals surface area contributed by atoms with Crippen LogP contribution in [0.5, 0.6) is 11.5 Å². The summed E-state index contributed by atoms with van der Waals surface area (Å²) in [5.74, 6) is 1.08.